The molecule has 2 aromatic rings. The Bertz CT molecular complexity index is 630. The van der Waals surface area contributed by atoms with Gasteiger partial charge in [0.2, 0.25) is 17.5 Å². The molecule has 1 N–H and O–H groups in total. The van der Waals surface area contributed by atoms with Crippen LogP contribution in [0.2, 0.25) is 0 Å². The summed E-state index contributed by atoms with van der Waals surface area (Å²) in [7, 11) is 0. The summed E-state index contributed by atoms with van der Waals surface area (Å²) in [6.45, 7) is 1.65. The second-order valence-corrected chi connectivity index (χ2v) is 4.93. The van der Waals surface area contributed by atoms with Crippen molar-refractivity contribution < 1.29 is 9.52 Å². The van der Waals surface area contributed by atoms with Gasteiger partial charge in [0.05, 0.1) is 0 Å². The number of hydrogen-bond acceptors (Lipinski definition) is 5. The van der Waals surface area contributed by atoms with Crippen LogP contribution in [-0.4, -0.2) is 29.8 Å². The van der Waals surface area contributed by atoms with Gasteiger partial charge in [-0.3, -0.25) is 0 Å². The van der Waals surface area contributed by atoms with Crippen LogP contribution >= 0.6 is 0 Å². The van der Waals surface area contributed by atoms with E-state index in [4.69, 9.17) is 4.42 Å². The number of aromatic nitrogens is 1. The minimum absolute atomic E-state index is 0.165. The average Bonchev–Trinajstić information content (AvgIpc) is 3.14. The van der Waals surface area contributed by atoms with Crippen molar-refractivity contribution in [3.63, 3.8) is 0 Å². The summed E-state index contributed by atoms with van der Waals surface area (Å²) in [6, 6.07) is 11.6. The number of nitrogens with zero attached hydrogens (tertiary/aromatic N) is 3. The van der Waals surface area contributed by atoms with Crippen LogP contribution in [0.15, 0.2) is 34.7 Å². The zero-order valence-electron chi connectivity index (χ0n) is 11.0. The van der Waals surface area contributed by atoms with Crippen molar-refractivity contribution in [1.82, 2.24) is 4.98 Å². The predicted octanol–water partition coefficient (Wildman–Crippen LogP) is 2.03. The molecule has 2 heterocycles. The molecule has 0 unspecified atom stereocenters. The Labute approximate surface area is 117 Å². The van der Waals surface area contributed by atoms with Crippen LogP contribution < -0.4 is 4.90 Å². The Morgan fingerprint density at radius 3 is 2.85 bits per heavy atom. The lowest BCUT2D eigenvalue weighted by Gasteiger charge is -2.14. The summed E-state index contributed by atoms with van der Waals surface area (Å²) in [5.74, 6) is 1.22. The fraction of sp³-hybridized carbons (Fsp3) is 0.333. The highest BCUT2D eigenvalue weighted by atomic mass is 16.4. The molecule has 1 fully saturated rings. The van der Waals surface area contributed by atoms with Gasteiger partial charge in [-0.05, 0) is 18.6 Å². The third-order valence-corrected chi connectivity index (χ3v) is 3.57. The molecule has 3 rings (SSSR count). The second-order valence-electron chi connectivity index (χ2n) is 4.93. The van der Waals surface area contributed by atoms with Crippen molar-refractivity contribution in [3.8, 4) is 17.5 Å². The quantitative estimate of drug-likeness (QED) is 0.923. The Morgan fingerprint density at radius 2 is 2.20 bits per heavy atom. The van der Waals surface area contributed by atoms with Crippen LogP contribution in [0.3, 0.4) is 0 Å². The Balaban J connectivity index is 1.93. The van der Waals surface area contributed by atoms with Crippen LogP contribution in [0.4, 0.5) is 5.88 Å². The standard InChI is InChI=1S/C15H15N3O2/c16-8-13-15(18-7-6-11(9-18)10-19)20-14(17-13)12-4-2-1-3-5-12/h1-5,11,19H,6-7,9-10H2/t11-/m0/s1. The molecule has 0 amide bonds. The van der Waals surface area contributed by atoms with Crippen LogP contribution in [0.1, 0.15) is 12.1 Å². The lowest BCUT2D eigenvalue weighted by Crippen LogP contribution is -2.20. The molecule has 1 aliphatic rings. The summed E-state index contributed by atoms with van der Waals surface area (Å²) in [5, 5.41) is 18.4. The SMILES string of the molecule is N#Cc1nc(-c2ccccc2)oc1N1CC[C@H](CO)C1. The highest BCUT2D eigenvalue weighted by Gasteiger charge is 2.27. The van der Waals surface area contributed by atoms with Crippen LogP contribution in [0.25, 0.3) is 11.5 Å². The number of hydrogen-bond donors (Lipinski definition) is 1. The zero-order valence-corrected chi connectivity index (χ0v) is 11.0. The Kier molecular flexibility index (Phi) is 3.40. The van der Waals surface area contributed by atoms with Crippen molar-refractivity contribution in [3.05, 3.63) is 36.0 Å². The number of oxazole rings is 1. The molecule has 0 aliphatic carbocycles. The van der Waals surface area contributed by atoms with Gasteiger partial charge in [-0.25, -0.2) is 0 Å². The molecule has 0 bridgehead atoms. The van der Waals surface area contributed by atoms with Gasteiger partial charge in [0.25, 0.3) is 0 Å². The molecule has 1 aromatic heterocycles. The average molecular weight is 269 g/mol. The fourth-order valence-electron chi connectivity index (χ4n) is 2.47. The predicted molar refractivity (Wildman–Crippen MR) is 74.1 cm³/mol. The molecule has 102 valence electrons. The Morgan fingerprint density at radius 1 is 1.40 bits per heavy atom. The third kappa shape index (κ3) is 2.26. The lowest BCUT2D eigenvalue weighted by atomic mass is 10.1. The van der Waals surface area contributed by atoms with Gasteiger partial charge in [-0.15, -0.1) is 0 Å². The maximum atomic E-state index is 9.21. The van der Waals surface area contributed by atoms with E-state index >= 15 is 0 Å². The van der Waals surface area contributed by atoms with Gasteiger partial charge >= 0.3 is 0 Å². The second kappa shape index (κ2) is 5.35. The maximum Gasteiger partial charge on any atom is 0.235 e. The van der Waals surface area contributed by atoms with Gasteiger partial charge in [0.1, 0.15) is 6.07 Å². The van der Waals surface area contributed by atoms with E-state index < -0.39 is 0 Å². The van der Waals surface area contributed by atoms with Crippen LogP contribution in [0.5, 0.6) is 0 Å². The molecule has 1 aliphatic heterocycles. The minimum atomic E-state index is 0.165. The first kappa shape index (κ1) is 12.7. The molecule has 1 saturated heterocycles. The first-order valence-corrected chi connectivity index (χ1v) is 6.64. The summed E-state index contributed by atoms with van der Waals surface area (Å²) < 4.78 is 5.78. The van der Waals surface area contributed by atoms with E-state index in [-0.39, 0.29) is 12.5 Å². The molecule has 0 radical (unpaired) electrons. The highest BCUT2D eigenvalue weighted by Crippen LogP contribution is 2.31. The number of rotatable bonds is 3. The van der Waals surface area contributed by atoms with Gasteiger partial charge in [0, 0.05) is 31.2 Å². The van der Waals surface area contributed by atoms with E-state index in [9.17, 15) is 10.4 Å². The lowest BCUT2D eigenvalue weighted by molar-refractivity contribution is 0.238. The normalized spacial score (nSPS) is 18.2. The van der Waals surface area contributed by atoms with Crippen molar-refractivity contribution >= 4 is 5.88 Å². The van der Waals surface area contributed by atoms with Crippen molar-refractivity contribution in [2.75, 3.05) is 24.6 Å². The van der Waals surface area contributed by atoms with E-state index in [2.05, 4.69) is 11.1 Å². The van der Waals surface area contributed by atoms with E-state index in [0.29, 0.717) is 24.0 Å². The number of anilines is 1. The molecule has 20 heavy (non-hydrogen) atoms. The van der Waals surface area contributed by atoms with Crippen molar-refractivity contribution in [2.24, 2.45) is 5.92 Å². The van der Waals surface area contributed by atoms with Crippen molar-refractivity contribution in [1.29, 1.82) is 5.26 Å². The third-order valence-electron chi connectivity index (χ3n) is 3.57. The van der Waals surface area contributed by atoms with Gasteiger partial charge in [-0.2, -0.15) is 10.2 Å². The molecule has 1 aromatic carbocycles. The number of nitriles is 1. The molecule has 1 atom stereocenters. The molecular weight excluding hydrogens is 254 g/mol. The van der Waals surface area contributed by atoms with Crippen LogP contribution in [-0.2, 0) is 0 Å². The van der Waals surface area contributed by atoms with Gasteiger partial charge < -0.3 is 14.4 Å². The summed E-state index contributed by atoms with van der Waals surface area (Å²) in [5.41, 5.74) is 1.16. The smallest absolute Gasteiger partial charge is 0.235 e. The maximum absolute atomic E-state index is 9.21. The fourth-order valence-corrected chi connectivity index (χ4v) is 2.47. The molecule has 0 spiro atoms. The molecule has 0 saturated carbocycles. The summed E-state index contributed by atoms with van der Waals surface area (Å²) in [4.78, 5) is 6.25. The largest absolute Gasteiger partial charge is 0.419 e. The topological polar surface area (TPSA) is 73.3 Å². The minimum Gasteiger partial charge on any atom is -0.419 e. The van der Waals surface area contributed by atoms with Crippen molar-refractivity contribution in [2.45, 2.75) is 6.42 Å². The van der Waals surface area contributed by atoms with E-state index in [1.165, 1.54) is 0 Å². The summed E-state index contributed by atoms with van der Waals surface area (Å²) in [6.07, 6.45) is 0.905. The first-order chi connectivity index (χ1) is 9.81. The van der Waals surface area contributed by atoms with E-state index in [1.807, 2.05) is 35.2 Å². The highest BCUT2D eigenvalue weighted by molar-refractivity contribution is 5.59. The molecule has 5 heteroatoms. The molecule has 5 nitrogen and oxygen atoms in total. The van der Waals surface area contributed by atoms with Gasteiger partial charge in [0.15, 0.2) is 0 Å². The number of aliphatic hydroxyl groups excluding tert-OH is 1. The first-order valence-electron chi connectivity index (χ1n) is 6.64. The Hall–Kier alpha value is -2.32. The monoisotopic (exact) mass is 269 g/mol. The number of aliphatic hydroxyl groups is 1. The summed E-state index contributed by atoms with van der Waals surface area (Å²) >= 11 is 0. The van der Waals surface area contributed by atoms with E-state index in [1.54, 1.807) is 0 Å². The van der Waals surface area contributed by atoms with Crippen LogP contribution in [0, 0.1) is 17.2 Å². The van der Waals surface area contributed by atoms with Gasteiger partial charge in [-0.1, -0.05) is 18.2 Å². The van der Waals surface area contributed by atoms with E-state index in [0.717, 1.165) is 18.5 Å². The number of benzene rings is 1. The molecular formula is C15H15N3O2. The zero-order chi connectivity index (χ0) is 13.9.